The van der Waals surface area contributed by atoms with E-state index < -0.39 is 5.60 Å². The second-order valence-electron chi connectivity index (χ2n) is 11.1. The van der Waals surface area contributed by atoms with E-state index in [1.807, 2.05) is 13.8 Å². The van der Waals surface area contributed by atoms with Gasteiger partial charge in [-0.25, -0.2) is 0 Å². The summed E-state index contributed by atoms with van der Waals surface area (Å²) in [6.45, 7) is 13.0. The SMILES string of the molecule is C=C1/C(=C\C=C2/CCCC3(C)C2CCC3C(C)CCCC(C)(C)O)CCC[C@@H]1O. The van der Waals surface area contributed by atoms with Crippen molar-refractivity contribution in [3.8, 4) is 0 Å². The van der Waals surface area contributed by atoms with Crippen molar-refractivity contribution in [3.63, 3.8) is 0 Å². The summed E-state index contributed by atoms with van der Waals surface area (Å²) in [6.07, 6.45) is 17.2. The van der Waals surface area contributed by atoms with Gasteiger partial charge in [0.2, 0.25) is 0 Å². The number of allylic oxidation sites excluding steroid dienone is 3. The molecule has 0 bridgehead atoms. The number of hydrogen-bond donors (Lipinski definition) is 2. The third kappa shape index (κ3) is 5.25. The maximum absolute atomic E-state index is 10.1. The minimum absolute atomic E-state index is 0.342. The van der Waals surface area contributed by atoms with Gasteiger partial charge in [-0.3, -0.25) is 0 Å². The number of rotatable bonds is 6. The van der Waals surface area contributed by atoms with E-state index in [-0.39, 0.29) is 6.10 Å². The molecular formula is C27H44O2. The number of hydrogen-bond acceptors (Lipinski definition) is 2. The van der Waals surface area contributed by atoms with Crippen molar-refractivity contribution in [2.45, 2.75) is 110 Å². The van der Waals surface area contributed by atoms with Crippen molar-refractivity contribution in [1.29, 1.82) is 0 Å². The molecule has 0 aliphatic heterocycles. The number of fused-ring (bicyclic) bond motifs is 1. The summed E-state index contributed by atoms with van der Waals surface area (Å²) >= 11 is 0. The van der Waals surface area contributed by atoms with Crippen LogP contribution in [0.4, 0.5) is 0 Å². The normalized spacial score (nSPS) is 37.2. The van der Waals surface area contributed by atoms with Gasteiger partial charge in [-0.2, -0.15) is 0 Å². The highest BCUT2D eigenvalue weighted by Crippen LogP contribution is 2.60. The fourth-order valence-electron chi connectivity index (χ4n) is 6.70. The van der Waals surface area contributed by atoms with Crippen LogP contribution in [0, 0.1) is 23.2 Å². The van der Waals surface area contributed by atoms with E-state index >= 15 is 0 Å². The van der Waals surface area contributed by atoms with Crippen molar-refractivity contribution >= 4 is 0 Å². The van der Waals surface area contributed by atoms with E-state index in [2.05, 4.69) is 32.6 Å². The lowest BCUT2D eigenvalue weighted by Crippen LogP contribution is -2.36. The molecule has 0 amide bonds. The molecule has 3 saturated carbocycles. The molecule has 3 aliphatic carbocycles. The monoisotopic (exact) mass is 400 g/mol. The van der Waals surface area contributed by atoms with Gasteiger partial charge in [-0.05, 0) is 106 Å². The van der Waals surface area contributed by atoms with Crippen molar-refractivity contribution in [3.05, 3.63) is 35.5 Å². The Morgan fingerprint density at radius 3 is 2.66 bits per heavy atom. The highest BCUT2D eigenvalue weighted by molar-refractivity contribution is 5.37. The van der Waals surface area contributed by atoms with Gasteiger partial charge in [0.05, 0.1) is 11.7 Å². The first-order valence-corrected chi connectivity index (χ1v) is 12.1. The van der Waals surface area contributed by atoms with Crippen molar-refractivity contribution < 1.29 is 10.2 Å². The smallest absolute Gasteiger partial charge is 0.0787 e. The predicted octanol–water partition coefficient (Wildman–Crippen LogP) is 6.73. The van der Waals surface area contributed by atoms with Gasteiger partial charge in [0, 0.05) is 0 Å². The van der Waals surface area contributed by atoms with Crippen LogP contribution < -0.4 is 0 Å². The molecule has 2 heteroatoms. The van der Waals surface area contributed by atoms with E-state index in [0.29, 0.717) is 5.41 Å². The second kappa shape index (κ2) is 9.10. The maximum atomic E-state index is 10.1. The van der Waals surface area contributed by atoms with Gasteiger partial charge in [-0.1, -0.05) is 51.0 Å². The summed E-state index contributed by atoms with van der Waals surface area (Å²) in [5.74, 6) is 2.26. The molecule has 0 spiro atoms. The van der Waals surface area contributed by atoms with Crippen LogP contribution in [0.15, 0.2) is 35.5 Å². The molecule has 2 nitrogen and oxygen atoms in total. The molecule has 0 aromatic heterocycles. The maximum Gasteiger partial charge on any atom is 0.0787 e. The molecule has 3 aliphatic rings. The Morgan fingerprint density at radius 1 is 1.17 bits per heavy atom. The van der Waals surface area contributed by atoms with E-state index in [1.165, 1.54) is 44.1 Å². The zero-order chi connectivity index (χ0) is 21.2. The molecule has 5 atom stereocenters. The fraction of sp³-hybridized carbons (Fsp3) is 0.778. The molecule has 0 aromatic carbocycles. The highest BCUT2D eigenvalue weighted by atomic mass is 16.3. The zero-order valence-corrected chi connectivity index (χ0v) is 19.3. The molecule has 0 saturated heterocycles. The van der Waals surface area contributed by atoms with Crippen LogP contribution in [0.5, 0.6) is 0 Å². The van der Waals surface area contributed by atoms with Gasteiger partial charge >= 0.3 is 0 Å². The summed E-state index contributed by atoms with van der Waals surface area (Å²) < 4.78 is 0. The Morgan fingerprint density at radius 2 is 1.93 bits per heavy atom. The summed E-state index contributed by atoms with van der Waals surface area (Å²) in [4.78, 5) is 0. The first-order valence-electron chi connectivity index (χ1n) is 12.1. The third-order valence-corrected chi connectivity index (χ3v) is 8.41. The summed E-state index contributed by atoms with van der Waals surface area (Å²) in [6, 6.07) is 0. The summed E-state index contributed by atoms with van der Waals surface area (Å²) in [5.41, 5.74) is 3.74. The first kappa shape index (κ1) is 22.8. The van der Waals surface area contributed by atoms with Gasteiger partial charge in [0.1, 0.15) is 0 Å². The quantitative estimate of drug-likeness (QED) is 0.518. The van der Waals surface area contributed by atoms with E-state index in [9.17, 15) is 10.2 Å². The molecule has 164 valence electrons. The average molecular weight is 401 g/mol. The van der Waals surface area contributed by atoms with Gasteiger partial charge in [0.15, 0.2) is 0 Å². The molecule has 29 heavy (non-hydrogen) atoms. The van der Waals surface area contributed by atoms with Crippen LogP contribution in [0.3, 0.4) is 0 Å². The van der Waals surface area contributed by atoms with Crippen molar-refractivity contribution in [1.82, 2.24) is 0 Å². The van der Waals surface area contributed by atoms with E-state index in [0.717, 1.165) is 55.4 Å². The first-order chi connectivity index (χ1) is 13.6. The van der Waals surface area contributed by atoms with Crippen LogP contribution in [0.1, 0.15) is 98.3 Å². The number of aliphatic hydroxyl groups excluding tert-OH is 1. The van der Waals surface area contributed by atoms with Crippen LogP contribution in [-0.4, -0.2) is 21.9 Å². The summed E-state index contributed by atoms with van der Waals surface area (Å²) in [7, 11) is 0. The Bertz CT molecular complexity index is 650. The lowest BCUT2D eigenvalue weighted by atomic mass is 9.60. The molecule has 0 heterocycles. The van der Waals surface area contributed by atoms with E-state index in [4.69, 9.17) is 0 Å². The van der Waals surface area contributed by atoms with Crippen molar-refractivity contribution in [2.24, 2.45) is 23.2 Å². The number of aliphatic hydroxyl groups is 2. The largest absolute Gasteiger partial charge is 0.390 e. The lowest BCUT2D eigenvalue weighted by molar-refractivity contribution is 0.0596. The van der Waals surface area contributed by atoms with Crippen LogP contribution >= 0.6 is 0 Å². The standard InChI is InChI=1S/C27H44O2/c1-19(9-7-17-26(3,4)29)23-15-16-24-22(11-8-18-27(23,24)5)14-13-21-10-6-12-25(28)20(21)2/h13-14,19,23-25,28-29H,2,6-12,15-18H2,1,3-5H3/b21-13-,22-14+/t19?,23?,24?,25-,27?/m0/s1. The molecule has 0 aromatic rings. The average Bonchev–Trinajstić information content (AvgIpc) is 2.99. The molecule has 3 fully saturated rings. The third-order valence-electron chi connectivity index (χ3n) is 8.41. The zero-order valence-electron chi connectivity index (χ0n) is 19.3. The fourth-order valence-corrected chi connectivity index (χ4v) is 6.70. The molecule has 0 radical (unpaired) electrons. The predicted molar refractivity (Wildman–Crippen MR) is 123 cm³/mol. The Balaban J connectivity index is 1.68. The Hall–Kier alpha value is -0.860. The van der Waals surface area contributed by atoms with Gasteiger partial charge < -0.3 is 10.2 Å². The van der Waals surface area contributed by atoms with Crippen molar-refractivity contribution in [2.75, 3.05) is 0 Å². The van der Waals surface area contributed by atoms with Gasteiger partial charge in [-0.15, -0.1) is 0 Å². The second-order valence-corrected chi connectivity index (χ2v) is 11.1. The molecular weight excluding hydrogens is 356 g/mol. The lowest BCUT2D eigenvalue weighted by Gasteiger charge is -2.44. The van der Waals surface area contributed by atoms with Gasteiger partial charge in [0.25, 0.3) is 0 Å². The molecule has 4 unspecified atom stereocenters. The minimum Gasteiger partial charge on any atom is -0.390 e. The topological polar surface area (TPSA) is 40.5 Å². The molecule has 3 rings (SSSR count). The molecule has 2 N–H and O–H groups in total. The van der Waals surface area contributed by atoms with Crippen LogP contribution in [0.25, 0.3) is 0 Å². The Labute approximate surface area is 179 Å². The van der Waals surface area contributed by atoms with Crippen LogP contribution in [0.2, 0.25) is 0 Å². The van der Waals surface area contributed by atoms with Crippen LogP contribution in [-0.2, 0) is 0 Å². The summed E-state index contributed by atoms with van der Waals surface area (Å²) in [5, 5.41) is 20.2. The Kier molecular flexibility index (Phi) is 7.16. The minimum atomic E-state index is -0.535. The highest BCUT2D eigenvalue weighted by Gasteiger charge is 2.50. The van der Waals surface area contributed by atoms with E-state index in [1.54, 1.807) is 5.57 Å².